The highest BCUT2D eigenvalue weighted by Crippen LogP contribution is 2.08. The van der Waals surface area contributed by atoms with Gasteiger partial charge >= 0.3 is 5.97 Å². The minimum Gasteiger partial charge on any atom is -0.481 e. The number of unbranched alkanes of at least 4 members (excludes halogenated alkanes) is 2. The van der Waals surface area contributed by atoms with E-state index in [1.807, 2.05) is 0 Å². The lowest BCUT2D eigenvalue weighted by Crippen LogP contribution is -2.29. The van der Waals surface area contributed by atoms with Crippen LogP contribution in [0.1, 0.15) is 67.2 Å². The topological polar surface area (TPSA) is 49.3 Å². The van der Waals surface area contributed by atoms with Crippen molar-refractivity contribution >= 4 is 5.97 Å². The monoisotopic (exact) mass is 245 g/mol. The molecule has 0 spiro atoms. The lowest BCUT2D eigenvalue weighted by Gasteiger charge is -2.10. The number of carboxylic acids is 1. The molecule has 0 aromatic rings. The Bertz CT molecular complexity index is 173. The van der Waals surface area contributed by atoms with Gasteiger partial charge in [-0.2, -0.15) is 0 Å². The molecule has 17 heavy (non-hydrogen) atoms. The zero-order valence-corrected chi connectivity index (χ0v) is 12.4. The number of nitrogens with one attached hydrogen (secondary N) is 1. The van der Waals surface area contributed by atoms with E-state index >= 15 is 0 Å². The van der Waals surface area contributed by atoms with Crippen LogP contribution in [0.3, 0.4) is 0 Å². The number of carbonyl (C=O) groups is 1. The van der Waals surface area contributed by atoms with E-state index < -0.39 is 5.97 Å². The second-order valence-corrected chi connectivity index (χ2v) is 5.21. The Morgan fingerprint density at radius 1 is 1.06 bits per heavy atom. The first-order valence-electron chi connectivity index (χ1n) is 6.80. The van der Waals surface area contributed by atoms with Crippen molar-refractivity contribution in [3.8, 4) is 0 Å². The molecule has 1 atom stereocenters. The van der Waals surface area contributed by atoms with Crippen LogP contribution in [-0.4, -0.2) is 23.2 Å². The minimum atomic E-state index is -0.670. The highest BCUT2D eigenvalue weighted by molar-refractivity contribution is 5.69. The normalized spacial score (nSPS) is 12.2. The summed E-state index contributed by atoms with van der Waals surface area (Å²) in [6.45, 7) is 12.5. The summed E-state index contributed by atoms with van der Waals surface area (Å²) in [5.41, 5.74) is 0. The van der Waals surface area contributed by atoms with Gasteiger partial charge in [-0.1, -0.05) is 60.8 Å². The average Bonchev–Trinajstić information content (AvgIpc) is 2.16. The molecule has 0 aromatic heterocycles. The number of hydrogen-bond acceptors (Lipinski definition) is 2. The molecule has 0 aliphatic heterocycles. The molecule has 0 amide bonds. The first-order chi connectivity index (χ1) is 7.81. The van der Waals surface area contributed by atoms with Crippen LogP contribution in [0.5, 0.6) is 0 Å². The van der Waals surface area contributed by atoms with Gasteiger partial charge in [0.15, 0.2) is 0 Å². The molecule has 3 heteroatoms. The zero-order chi connectivity index (χ0) is 13.8. The molecule has 1 unspecified atom stereocenters. The van der Waals surface area contributed by atoms with Crippen molar-refractivity contribution in [3.63, 3.8) is 0 Å². The van der Waals surface area contributed by atoms with Crippen molar-refractivity contribution in [2.45, 2.75) is 79.3 Å². The largest absolute Gasteiger partial charge is 0.481 e. The predicted octanol–water partition coefficient (Wildman–Crippen LogP) is 3.68. The summed E-state index contributed by atoms with van der Waals surface area (Å²) in [5, 5.41) is 11.8. The Hall–Kier alpha value is -0.570. The summed E-state index contributed by atoms with van der Waals surface area (Å²) < 4.78 is 0. The molecule has 0 aliphatic rings. The minimum absolute atomic E-state index is 0.161. The average molecular weight is 245 g/mol. The van der Waals surface area contributed by atoms with Crippen molar-refractivity contribution in [1.29, 1.82) is 0 Å². The number of aliphatic carboxylic acids is 1. The third kappa shape index (κ3) is 18.0. The maximum Gasteiger partial charge on any atom is 0.306 e. The first kappa shape index (κ1) is 18.8. The van der Waals surface area contributed by atoms with Gasteiger partial charge in [0.2, 0.25) is 0 Å². The lowest BCUT2D eigenvalue weighted by atomic mass is 10.0. The van der Waals surface area contributed by atoms with Crippen molar-refractivity contribution < 1.29 is 9.90 Å². The molecule has 0 bridgehead atoms. The summed E-state index contributed by atoms with van der Waals surface area (Å²) in [5.74, 6) is -0.831. The maximum absolute atomic E-state index is 10.3. The summed E-state index contributed by atoms with van der Waals surface area (Å²) in [6, 6.07) is 1.25. The van der Waals surface area contributed by atoms with E-state index in [2.05, 4.69) is 39.9 Å². The molecular weight excluding hydrogens is 214 g/mol. The van der Waals surface area contributed by atoms with Crippen LogP contribution < -0.4 is 5.32 Å². The van der Waals surface area contributed by atoms with Gasteiger partial charge in [-0.25, -0.2) is 0 Å². The maximum atomic E-state index is 10.3. The molecule has 0 saturated heterocycles. The molecule has 0 heterocycles. The standard InChI is InChI=1S/C8H16O2.C6H15N/c1-3-4-5-6-7(2)8(9)10;1-5(2)7-6(3)4/h7H,3-6H2,1-2H3,(H,9,10);5-7H,1-4H3. The van der Waals surface area contributed by atoms with Crippen molar-refractivity contribution in [3.05, 3.63) is 0 Å². The Morgan fingerprint density at radius 2 is 1.53 bits per heavy atom. The van der Waals surface area contributed by atoms with Gasteiger partial charge in [-0.05, 0) is 6.42 Å². The molecule has 2 N–H and O–H groups in total. The van der Waals surface area contributed by atoms with E-state index in [-0.39, 0.29) is 5.92 Å². The van der Waals surface area contributed by atoms with E-state index in [1.54, 1.807) is 6.92 Å². The Morgan fingerprint density at radius 3 is 1.76 bits per heavy atom. The Kier molecular flexibility index (Phi) is 13.2. The van der Waals surface area contributed by atoms with Crippen LogP contribution in [0.25, 0.3) is 0 Å². The molecule has 3 nitrogen and oxygen atoms in total. The third-order valence-electron chi connectivity index (χ3n) is 2.33. The summed E-state index contributed by atoms with van der Waals surface area (Å²) in [4.78, 5) is 10.3. The highest BCUT2D eigenvalue weighted by Gasteiger charge is 2.08. The predicted molar refractivity (Wildman–Crippen MR) is 74.3 cm³/mol. The quantitative estimate of drug-likeness (QED) is 0.673. The van der Waals surface area contributed by atoms with Gasteiger partial charge in [0, 0.05) is 12.1 Å². The molecule has 0 aliphatic carbocycles. The van der Waals surface area contributed by atoms with Gasteiger partial charge in [-0.15, -0.1) is 0 Å². The van der Waals surface area contributed by atoms with E-state index in [4.69, 9.17) is 5.11 Å². The van der Waals surface area contributed by atoms with Crippen LogP contribution in [0, 0.1) is 5.92 Å². The van der Waals surface area contributed by atoms with Gasteiger partial charge in [0.1, 0.15) is 0 Å². The van der Waals surface area contributed by atoms with E-state index in [1.165, 1.54) is 0 Å². The molecule has 0 rings (SSSR count). The van der Waals surface area contributed by atoms with Crippen molar-refractivity contribution in [1.82, 2.24) is 5.32 Å². The molecule has 104 valence electrons. The number of carboxylic acid groups (broad SMARTS) is 1. The third-order valence-corrected chi connectivity index (χ3v) is 2.33. The number of rotatable bonds is 7. The van der Waals surface area contributed by atoms with Gasteiger partial charge in [-0.3, -0.25) is 4.79 Å². The Balaban J connectivity index is 0. The molecule has 0 radical (unpaired) electrons. The fraction of sp³-hybridized carbons (Fsp3) is 0.929. The number of hydrogen-bond donors (Lipinski definition) is 2. The van der Waals surface area contributed by atoms with E-state index in [9.17, 15) is 4.79 Å². The summed E-state index contributed by atoms with van der Waals surface area (Å²) in [6.07, 6.45) is 4.18. The van der Waals surface area contributed by atoms with Crippen LogP contribution in [-0.2, 0) is 4.79 Å². The van der Waals surface area contributed by atoms with Crippen molar-refractivity contribution in [2.75, 3.05) is 0 Å². The second kappa shape index (κ2) is 11.9. The lowest BCUT2D eigenvalue weighted by molar-refractivity contribution is -0.141. The fourth-order valence-electron chi connectivity index (χ4n) is 1.49. The van der Waals surface area contributed by atoms with Crippen LogP contribution in [0.4, 0.5) is 0 Å². The van der Waals surface area contributed by atoms with Crippen molar-refractivity contribution in [2.24, 2.45) is 5.92 Å². The molecule has 0 fully saturated rings. The summed E-state index contributed by atoms with van der Waals surface area (Å²) >= 11 is 0. The second-order valence-electron chi connectivity index (χ2n) is 5.21. The molecular formula is C14H31NO2. The Labute approximate surface area is 107 Å². The van der Waals surface area contributed by atoms with Gasteiger partial charge in [0.25, 0.3) is 0 Å². The summed E-state index contributed by atoms with van der Waals surface area (Å²) in [7, 11) is 0. The first-order valence-corrected chi connectivity index (χ1v) is 6.80. The fourth-order valence-corrected chi connectivity index (χ4v) is 1.49. The van der Waals surface area contributed by atoms with E-state index in [0.29, 0.717) is 12.1 Å². The van der Waals surface area contributed by atoms with Gasteiger partial charge < -0.3 is 10.4 Å². The van der Waals surface area contributed by atoms with Gasteiger partial charge in [0.05, 0.1) is 5.92 Å². The SMILES string of the molecule is CC(C)NC(C)C.CCCCCC(C)C(=O)O. The highest BCUT2D eigenvalue weighted by atomic mass is 16.4. The molecule has 0 aromatic carbocycles. The smallest absolute Gasteiger partial charge is 0.306 e. The van der Waals surface area contributed by atoms with Crippen LogP contribution in [0.2, 0.25) is 0 Å². The van der Waals surface area contributed by atoms with Crippen LogP contribution in [0.15, 0.2) is 0 Å². The van der Waals surface area contributed by atoms with E-state index in [0.717, 1.165) is 25.7 Å². The zero-order valence-electron chi connectivity index (χ0n) is 12.4. The van der Waals surface area contributed by atoms with Crippen LogP contribution >= 0.6 is 0 Å². The molecule has 0 saturated carbocycles.